The summed E-state index contributed by atoms with van der Waals surface area (Å²) in [4.78, 5) is 14.1. The van der Waals surface area contributed by atoms with Crippen molar-refractivity contribution in [3.8, 4) is 0 Å². The molecule has 1 heterocycles. The summed E-state index contributed by atoms with van der Waals surface area (Å²) < 4.78 is 32.2. The van der Waals surface area contributed by atoms with Gasteiger partial charge in [0.15, 0.2) is 0 Å². The van der Waals surface area contributed by atoms with Gasteiger partial charge in [0.2, 0.25) is 5.91 Å². The van der Waals surface area contributed by atoms with Gasteiger partial charge in [0.1, 0.15) is 17.7 Å². The Morgan fingerprint density at radius 3 is 1.96 bits per heavy atom. The Morgan fingerprint density at radius 1 is 0.958 bits per heavy atom. The second-order valence-corrected chi connectivity index (χ2v) is 5.89. The highest BCUT2D eigenvalue weighted by atomic mass is 19.1. The Morgan fingerprint density at radius 2 is 1.50 bits per heavy atom. The van der Waals surface area contributed by atoms with Crippen molar-refractivity contribution in [2.24, 2.45) is 0 Å². The molecule has 24 heavy (non-hydrogen) atoms. The third-order valence-corrected chi connectivity index (χ3v) is 4.40. The normalized spacial score (nSPS) is 17.1. The summed E-state index contributed by atoms with van der Waals surface area (Å²) in [7, 11) is 1.56. The standard InChI is InChI=1S/C19H19F2NO2/c1-24-19(14-6-10-16(21)11-7-14)18(22-12-2-3-17(22)23)13-4-8-15(20)9-5-13/h4-11,18-19H,2-3,12H2,1H3/t18-,19?/m1/s1. The fourth-order valence-corrected chi connectivity index (χ4v) is 3.24. The first-order valence-electron chi connectivity index (χ1n) is 7.93. The van der Waals surface area contributed by atoms with E-state index in [0.717, 1.165) is 17.5 Å². The highest BCUT2D eigenvalue weighted by molar-refractivity contribution is 5.78. The van der Waals surface area contributed by atoms with Gasteiger partial charge in [0, 0.05) is 20.1 Å². The fraction of sp³-hybridized carbons (Fsp3) is 0.316. The fourth-order valence-electron chi connectivity index (χ4n) is 3.24. The van der Waals surface area contributed by atoms with E-state index in [1.54, 1.807) is 36.3 Å². The van der Waals surface area contributed by atoms with Crippen molar-refractivity contribution in [2.45, 2.75) is 25.0 Å². The van der Waals surface area contributed by atoms with Crippen LogP contribution in [0, 0.1) is 11.6 Å². The maximum absolute atomic E-state index is 13.3. The smallest absolute Gasteiger partial charge is 0.223 e. The lowest BCUT2D eigenvalue weighted by Crippen LogP contribution is -2.34. The van der Waals surface area contributed by atoms with Gasteiger partial charge in [0.05, 0.1) is 6.04 Å². The second-order valence-electron chi connectivity index (χ2n) is 5.89. The van der Waals surface area contributed by atoms with Gasteiger partial charge in [-0.15, -0.1) is 0 Å². The molecule has 1 aliphatic rings. The zero-order chi connectivity index (χ0) is 17.1. The van der Waals surface area contributed by atoms with E-state index in [2.05, 4.69) is 0 Å². The van der Waals surface area contributed by atoms with E-state index in [4.69, 9.17) is 4.74 Å². The maximum Gasteiger partial charge on any atom is 0.223 e. The molecule has 2 aromatic carbocycles. The Balaban J connectivity index is 2.03. The van der Waals surface area contributed by atoms with Gasteiger partial charge < -0.3 is 9.64 Å². The van der Waals surface area contributed by atoms with Gasteiger partial charge >= 0.3 is 0 Å². The van der Waals surface area contributed by atoms with Crippen LogP contribution in [0.15, 0.2) is 48.5 Å². The van der Waals surface area contributed by atoms with Crippen molar-refractivity contribution in [2.75, 3.05) is 13.7 Å². The van der Waals surface area contributed by atoms with E-state index in [9.17, 15) is 13.6 Å². The van der Waals surface area contributed by atoms with Crippen molar-refractivity contribution in [3.05, 3.63) is 71.3 Å². The molecule has 3 nitrogen and oxygen atoms in total. The number of benzene rings is 2. The minimum absolute atomic E-state index is 0.0495. The molecule has 0 bridgehead atoms. The number of hydrogen-bond donors (Lipinski definition) is 0. The van der Waals surface area contributed by atoms with Gasteiger partial charge in [-0.25, -0.2) is 8.78 Å². The zero-order valence-corrected chi connectivity index (χ0v) is 13.4. The number of methoxy groups -OCH3 is 1. The SMILES string of the molecule is COC(c1ccc(F)cc1)[C@@H](c1ccc(F)cc1)N1CCCC1=O. The van der Waals surface area contributed by atoms with Crippen LogP contribution >= 0.6 is 0 Å². The third-order valence-electron chi connectivity index (χ3n) is 4.40. The van der Waals surface area contributed by atoms with Gasteiger partial charge in [-0.2, -0.15) is 0 Å². The first kappa shape index (κ1) is 16.6. The maximum atomic E-state index is 13.3. The van der Waals surface area contributed by atoms with E-state index in [0.29, 0.717) is 13.0 Å². The molecule has 1 fully saturated rings. The Labute approximate surface area is 139 Å². The minimum atomic E-state index is -0.460. The molecule has 1 saturated heterocycles. The van der Waals surface area contributed by atoms with Crippen LogP contribution in [0.25, 0.3) is 0 Å². The lowest BCUT2D eigenvalue weighted by atomic mass is 9.94. The topological polar surface area (TPSA) is 29.5 Å². The average Bonchev–Trinajstić information content (AvgIpc) is 3.00. The summed E-state index contributed by atoms with van der Waals surface area (Å²) in [6, 6.07) is 11.8. The number of carbonyl (C=O) groups excluding carboxylic acids is 1. The molecular weight excluding hydrogens is 312 g/mol. The molecule has 1 aliphatic heterocycles. The van der Waals surface area contributed by atoms with Crippen molar-refractivity contribution >= 4 is 5.91 Å². The third kappa shape index (κ3) is 3.31. The molecule has 0 spiro atoms. The first-order chi connectivity index (χ1) is 11.6. The molecule has 2 aromatic rings. The Bertz CT molecular complexity index is 700. The van der Waals surface area contributed by atoms with E-state index < -0.39 is 6.10 Å². The molecule has 0 aliphatic carbocycles. The van der Waals surface area contributed by atoms with E-state index in [-0.39, 0.29) is 23.6 Å². The van der Waals surface area contributed by atoms with Gasteiger partial charge in [-0.1, -0.05) is 24.3 Å². The molecule has 2 atom stereocenters. The quantitative estimate of drug-likeness (QED) is 0.828. The lowest BCUT2D eigenvalue weighted by Gasteiger charge is -2.34. The average molecular weight is 331 g/mol. The first-order valence-corrected chi connectivity index (χ1v) is 7.93. The highest BCUT2D eigenvalue weighted by Crippen LogP contribution is 2.38. The summed E-state index contributed by atoms with van der Waals surface area (Å²) in [5.74, 6) is -0.612. The summed E-state index contributed by atoms with van der Waals surface area (Å²) in [6.45, 7) is 0.627. The number of ether oxygens (including phenoxy) is 1. The second kappa shape index (κ2) is 7.09. The van der Waals surface area contributed by atoms with Crippen LogP contribution in [-0.4, -0.2) is 24.5 Å². The van der Waals surface area contributed by atoms with Gasteiger partial charge in [-0.3, -0.25) is 4.79 Å². The summed E-state index contributed by atoms with van der Waals surface area (Å²) in [6.07, 6.45) is 0.826. The number of hydrogen-bond acceptors (Lipinski definition) is 2. The number of amides is 1. The Kier molecular flexibility index (Phi) is 4.90. The highest BCUT2D eigenvalue weighted by Gasteiger charge is 2.35. The van der Waals surface area contributed by atoms with Crippen molar-refractivity contribution in [3.63, 3.8) is 0 Å². The monoisotopic (exact) mass is 331 g/mol. The zero-order valence-electron chi connectivity index (χ0n) is 13.4. The molecular formula is C19H19F2NO2. The number of nitrogens with zero attached hydrogens (tertiary/aromatic N) is 1. The summed E-state index contributed by atoms with van der Waals surface area (Å²) >= 11 is 0. The van der Waals surface area contributed by atoms with E-state index >= 15 is 0 Å². The van der Waals surface area contributed by atoms with Crippen LogP contribution < -0.4 is 0 Å². The van der Waals surface area contributed by atoms with Crippen LogP contribution in [0.1, 0.15) is 36.1 Å². The predicted molar refractivity (Wildman–Crippen MR) is 86.2 cm³/mol. The molecule has 0 radical (unpaired) electrons. The number of carbonyl (C=O) groups is 1. The van der Waals surface area contributed by atoms with Gasteiger partial charge in [-0.05, 0) is 41.8 Å². The van der Waals surface area contributed by atoms with Crippen molar-refractivity contribution in [1.29, 1.82) is 0 Å². The van der Waals surface area contributed by atoms with Crippen LogP contribution in [0.3, 0.4) is 0 Å². The summed E-state index contributed by atoms with van der Waals surface area (Å²) in [5.41, 5.74) is 1.57. The van der Waals surface area contributed by atoms with Crippen molar-refractivity contribution < 1.29 is 18.3 Å². The van der Waals surface area contributed by atoms with E-state index in [1.165, 1.54) is 24.3 Å². The van der Waals surface area contributed by atoms with Crippen LogP contribution in [0.4, 0.5) is 8.78 Å². The largest absolute Gasteiger partial charge is 0.374 e. The molecule has 0 N–H and O–H groups in total. The minimum Gasteiger partial charge on any atom is -0.374 e. The molecule has 3 rings (SSSR count). The van der Waals surface area contributed by atoms with Gasteiger partial charge in [0.25, 0.3) is 0 Å². The predicted octanol–water partition coefficient (Wildman–Crippen LogP) is 4.02. The molecule has 0 saturated carbocycles. The van der Waals surface area contributed by atoms with Crippen LogP contribution in [0.2, 0.25) is 0 Å². The van der Waals surface area contributed by atoms with Crippen molar-refractivity contribution in [1.82, 2.24) is 4.90 Å². The molecule has 0 aromatic heterocycles. The number of likely N-dealkylation sites (tertiary alicyclic amines) is 1. The molecule has 1 unspecified atom stereocenters. The molecule has 1 amide bonds. The van der Waals surface area contributed by atoms with Crippen LogP contribution in [0.5, 0.6) is 0 Å². The van der Waals surface area contributed by atoms with E-state index in [1.807, 2.05) is 0 Å². The molecule has 5 heteroatoms. The number of halogens is 2. The Hall–Kier alpha value is -2.27. The lowest BCUT2D eigenvalue weighted by molar-refractivity contribution is -0.133. The van der Waals surface area contributed by atoms with Crippen LogP contribution in [-0.2, 0) is 9.53 Å². The summed E-state index contributed by atoms with van der Waals surface area (Å²) in [5, 5.41) is 0. The number of rotatable bonds is 5. The molecule has 126 valence electrons.